The highest BCUT2D eigenvalue weighted by molar-refractivity contribution is 7.89. The van der Waals surface area contributed by atoms with Crippen molar-refractivity contribution in [2.75, 3.05) is 18.4 Å². The van der Waals surface area contributed by atoms with E-state index in [2.05, 4.69) is 20.0 Å². The quantitative estimate of drug-likeness (QED) is 0.414. The number of hydrogen-bond donors (Lipinski definition) is 3. The number of sulfonamides is 1. The molecular weight excluding hydrogens is 404 g/mol. The van der Waals surface area contributed by atoms with Crippen LogP contribution in [-0.2, 0) is 10.0 Å². The van der Waals surface area contributed by atoms with Crippen LogP contribution in [0.4, 0.5) is 5.69 Å². The molecule has 4 aromatic rings. The minimum atomic E-state index is -3.74. The summed E-state index contributed by atoms with van der Waals surface area (Å²) in [6.07, 6.45) is 1.66. The van der Waals surface area contributed by atoms with Crippen LogP contribution in [0.25, 0.3) is 22.0 Å². The Morgan fingerprint density at radius 3 is 2.82 bits per heavy atom. The predicted octanol–water partition coefficient (Wildman–Crippen LogP) is 2.71. The molecule has 0 unspecified atom stereocenters. The standard InChI is InChI=1S/C18H15ClN4O4S/c19-11-1-3-13-14(5-6-20-16(13)9-11)21-7-8-22-28(25,26)12-2-4-15-17(10-12)27-18(24)23-15/h1-6,9-10,22H,7-8H2,(H,20,21)(H,23,24). The SMILES string of the molecule is O=c1[nH]c2ccc(S(=O)(=O)NCCNc3ccnc4cc(Cl)ccc34)cc2o1. The number of nitrogens with zero attached hydrogens (tertiary/aromatic N) is 1. The topological polar surface area (TPSA) is 117 Å². The summed E-state index contributed by atoms with van der Waals surface area (Å²) in [5.74, 6) is -0.632. The molecule has 0 aliphatic rings. The third-order valence-electron chi connectivity index (χ3n) is 4.14. The molecule has 0 aliphatic carbocycles. The molecule has 0 radical (unpaired) electrons. The van der Waals surface area contributed by atoms with Crippen molar-refractivity contribution in [1.29, 1.82) is 0 Å². The van der Waals surface area contributed by atoms with Gasteiger partial charge in [-0.05, 0) is 36.4 Å². The minimum absolute atomic E-state index is 0.0201. The minimum Gasteiger partial charge on any atom is -0.408 e. The van der Waals surface area contributed by atoms with E-state index in [1.165, 1.54) is 18.2 Å². The lowest BCUT2D eigenvalue weighted by molar-refractivity contribution is 0.553. The molecule has 28 heavy (non-hydrogen) atoms. The van der Waals surface area contributed by atoms with Gasteiger partial charge in [0.2, 0.25) is 10.0 Å². The van der Waals surface area contributed by atoms with E-state index in [1.54, 1.807) is 18.3 Å². The van der Waals surface area contributed by atoms with E-state index in [4.69, 9.17) is 16.0 Å². The molecule has 4 rings (SSSR count). The van der Waals surface area contributed by atoms with E-state index in [0.717, 1.165) is 16.6 Å². The average molecular weight is 419 g/mol. The van der Waals surface area contributed by atoms with Crippen LogP contribution in [0.3, 0.4) is 0 Å². The van der Waals surface area contributed by atoms with Crippen molar-refractivity contribution in [1.82, 2.24) is 14.7 Å². The summed E-state index contributed by atoms with van der Waals surface area (Å²) in [7, 11) is -3.74. The molecule has 8 nitrogen and oxygen atoms in total. The molecule has 0 spiro atoms. The molecule has 2 aromatic carbocycles. The Labute approximate surface area is 164 Å². The summed E-state index contributed by atoms with van der Waals surface area (Å²) >= 11 is 5.98. The van der Waals surface area contributed by atoms with Gasteiger partial charge in [0.25, 0.3) is 0 Å². The second kappa shape index (κ2) is 7.27. The number of hydrogen-bond acceptors (Lipinski definition) is 6. The van der Waals surface area contributed by atoms with Crippen LogP contribution in [0.2, 0.25) is 5.02 Å². The molecule has 0 atom stereocenters. The van der Waals surface area contributed by atoms with Crippen molar-refractivity contribution < 1.29 is 12.8 Å². The summed E-state index contributed by atoms with van der Waals surface area (Å²) in [4.78, 5) is 18.0. The van der Waals surface area contributed by atoms with Gasteiger partial charge in [0.1, 0.15) is 0 Å². The van der Waals surface area contributed by atoms with Crippen LogP contribution in [0.1, 0.15) is 0 Å². The molecule has 0 saturated heterocycles. The molecule has 144 valence electrons. The maximum Gasteiger partial charge on any atom is 0.417 e. The Hall–Kier alpha value is -2.88. The highest BCUT2D eigenvalue weighted by atomic mass is 35.5. The van der Waals surface area contributed by atoms with Crippen LogP contribution in [0, 0.1) is 0 Å². The maximum absolute atomic E-state index is 12.5. The van der Waals surface area contributed by atoms with Crippen LogP contribution >= 0.6 is 11.6 Å². The zero-order valence-electron chi connectivity index (χ0n) is 14.4. The molecule has 10 heteroatoms. The Morgan fingerprint density at radius 2 is 1.96 bits per heavy atom. The van der Waals surface area contributed by atoms with Crippen molar-refractivity contribution >= 4 is 49.3 Å². The number of fused-ring (bicyclic) bond motifs is 2. The normalized spacial score (nSPS) is 11.9. The summed E-state index contributed by atoms with van der Waals surface area (Å²) < 4.78 is 32.3. The van der Waals surface area contributed by atoms with Gasteiger partial charge in [-0.1, -0.05) is 11.6 Å². The number of H-pyrrole nitrogens is 1. The number of nitrogens with one attached hydrogen (secondary N) is 3. The molecule has 0 bridgehead atoms. The van der Waals surface area contributed by atoms with Crippen molar-refractivity contribution in [3.8, 4) is 0 Å². The first-order valence-electron chi connectivity index (χ1n) is 8.33. The van der Waals surface area contributed by atoms with E-state index in [-0.39, 0.29) is 17.0 Å². The lowest BCUT2D eigenvalue weighted by Gasteiger charge is -2.11. The first kappa shape index (κ1) is 18.5. The summed E-state index contributed by atoms with van der Waals surface area (Å²) in [5.41, 5.74) is 2.21. The van der Waals surface area contributed by atoms with Crippen LogP contribution < -0.4 is 15.8 Å². The first-order valence-corrected chi connectivity index (χ1v) is 10.2. The van der Waals surface area contributed by atoms with E-state index < -0.39 is 15.8 Å². The fraction of sp³-hybridized carbons (Fsp3) is 0.111. The van der Waals surface area contributed by atoms with Gasteiger partial charge in [0.05, 0.1) is 15.9 Å². The van der Waals surface area contributed by atoms with Crippen LogP contribution in [0.15, 0.2) is 62.8 Å². The second-order valence-electron chi connectivity index (χ2n) is 6.02. The molecule has 0 aliphatic heterocycles. The lowest BCUT2D eigenvalue weighted by Crippen LogP contribution is -2.28. The third-order valence-corrected chi connectivity index (χ3v) is 5.83. The molecular formula is C18H15ClN4O4S. The van der Waals surface area contributed by atoms with Gasteiger partial charge in [0, 0.05) is 41.4 Å². The molecule has 0 saturated carbocycles. The predicted molar refractivity (Wildman–Crippen MR) is 107 cm³/mol. The van der Waals surface area contributed by atoms with Gasteiger partial charge in [-0.15, -0.1) is 0 Å². The summed E-state index contributed by atoms with van der Waals surface area (Å²) in [6, 6.07) is 11.4. The Kier molecular flexibility index (Phi) is 4.80. The Morgan fingerprint density at radius 1 is 1.11 bits per heavy atom. The Bertz CT molecular complexity index is 1330. The molecule has 2 aromatic heterocycles. The number of halogens is 1. The van der Waals surface area contributed by atoms with Gasteiger partial charge >= 0.3 is 5.76 Å². The highest BCUT2D eigenvalue weighted by Gasteiger charge is 2.15. The molecule has 0 amide bonds. The number of aromatic amines is 1. The van der Waals surface area contributed by atoms with E-state index >= 15 is 0 Å². The number of aromatic nitrogens is 2. The van der Waals surface area contributed by atoms with E-state index in [1.807, 2.05) is 12.1 Å². The fourth-order valence-electron chi connectivity index (χ4n) is 2.83. The van der Waals surface area contributed by atoms with E-state index in [9.17, 15) is 13.2 Å². The number of anilines is 1. The van der Waals surface area contributed by atoms with Gasteiger partial charge in [-0.25, -0.2) is 17.9 Å². The number of oxazole rings is 1. The van der Waals surface area contributed by atoms with Crippen LogP contribution in [0.5, 0.6) is 0 Å². The van der Waals surface area contributed by atoms with Crippen molar-refractivity contribution in [3.05, 3.63) is 64.2 Å². The lowest BCUT2D eigenvalue weighted by atomic mass is 10.2. The molecule has 3 N–H and O–H groups in total. The van der Waals surface area contributed by atoms with Crippen molar-refractivity contribution in [2.45, 2.75) is 4.90 Å². The van der Waals surface area contributed by atoms with Gasteiger partial charge in [0.15, 0.2) is 5.58 Å². The Balaban J connectivity index is 1.43. The zero-order valence-corrected chi connectivity index (χ0v) is 16.0. The first-order chi connectivity index (χ1) is 13.4. The molecule has 0 fully saturated rings. The zero-order chi connectivity index (χ0) is 19.7. The summed E-state index contributed by atoms with van der Waals surface area (Å²) in [6.45, 7) is 0.525. The van der Waals surface area contributed by atoms with Gasteiger partial charge in [-0.3, -0.25) is 9.97 Å². The summed E-state index contributed by atoms with van der Waals surface area (Å²) in [5, 5.41) is 4.68. The average Bonchev–Trinajstić information content (AvgIpc) is 3.04. The fourth-order valence-corrected chi connectivity index (χ4v) is 4.05. The van der Waals surface area contributed by atoms with Crippen molar-refractivity contribution in [3.63, 3.8) is 0 Å². The van der Waals surface area contributed by atoms with Gasteiger partial charge in [-0.2, -0.15) is 0 Å². The van der Waals surface area contributed by atoms with E-state index in [0.29, 0.717) is 17.1 Å². The number of rotatable bonds is 6. The maximum atomic E-state index is 12.5. The second-order valence-corrected chi connectivity index (χ2v) is 8.22. The number of pyridine rings is 1. The highest BCUT2D eigenvalue weighted by Crippen LogP contribution is 2.24. The number of benzene rings is 2. The third kappa shape index (κ3) is 3.72. The largest absolute Gasteiger partial charge is 0.417 e. The smallest absolute Gasteiger partial charge is 0.408 e. The van der Waals surface area contributed by atoms with Gasteiger partial charge < -0.3 is 9.73 Å². The monoisotopic (exact) mass is 418 g/mol. The molecule has 2 heterocycles. The van der Waals surface area contributed by atoms with Crippen LogP contribution in [-0.4, -0.2) is 31.5 Å². The van der Waals surface area contributed by atoms with Crippen molar-refractivity contribution in [2.24, 2.45) is 0 Å².